The van der Waals surface area contributed by atoms with Crippen molar-refractivity contribution in [3.05, 3.63) is 16.1 Å². The van der Waals surface area contributed by atoms with Gasteiger partial charge in [0, 0.05) is 17.4 Å². The Hall–Kier alpha value is -0.450. The van der Waals surface area contributed by atoms with Crippen molar-refractivity contribution in [2.24, 2.45) is 0 Å². The van der Waals surface area contributed by atoms with Gasteiger partial charge in [0.05, 0.1) is 17.3 Å². The Balaban J connectivity index is 2.28. The quantitative estimate of drug-likeness (QED) is 0.917. The fraction of sp³-hybridized carbons (Fsp3) is 0.812. The van der Waals surface area contributed by atoms with Gasteiger partial charge >= 0.3 is 0 Å². The van der Waals surface area contributed by atoms with E-state index in [1.165, 1.54) is 10.7 Å². The smallest absolute Gasteiger partial charge is 0.113 e. The molecule has 0 aliphatic carbocycles. The van der Waals surface area contributed by atoms with Crippen LogP contribution in [-0.4, -0.2) is 24.2 Å². The second kappa shape index (κ2) is 6.12. The zero-order chi connectivity index (χ0) is 14.8. The second-order valence-electron chi connectivity index (χ2n) is 6.93. The Labute approximate surface area is 127 Å². The molecular formula is C16H28N2OS. The lowest BCUT2D eigenvalue weighted by atomic mass is 9.87. The van der Waals surface area contributed by atoms with Crippen LogP contribution in [0.15, 0.2) is 5.38 Å². The average molecular weight is 296 g/mol. The normalized spacial score (nSPS) is 27.8. The lowest BCUT2D eigenvalue weighted by Gasteiger charge is -2.39. The summed E-state index contributed by atoms with van der Waals surface area (Å²) in [6.07, 6.45) is 3.49. The molecule has 0 saturated carbocycles. The van der Waals surface area contributed by atoms with Crippen LogP contribution in [0.1, 0.15) is 64.6 Å². The van der Waals surface area contributed by atoms with E-state index in [1.54, 1.807) is 11.3 Å². The van der Waals surface area contributed by atoms with Crippen molar-refractivity contribution in [2.75, 3.05) is 13.2 Å². The van der Waals surface area contributed by atoms with Crippen LogP contribution in [-0.2, 0) is 15.7 Å². The highest BCUT2D eigenvalue weighted by atomic mass is 32.1. The van der Waals surface area contributed by atoms with Gasteiger partial charge in [0.2, 0.25) is 0 Å². The molecule has 1 aliphatic rings. The van der Waals surface area contributed by atoms with Gasteiger partial charge in [0.25, 0.3) is 0 Å². The van der Waals surface area contributed by atoms with Crippen LogP contribution in [0, 0.1) is 0 Å². The molecule has 1 saturated heterocycles. The molecule has 2 atom stereocenters. The summed E-state index contributed by atoms with van der Waals surface area (Å²) < 4.78 is 5.75. The van der Waals surface area contributed by atoms with Crippen LogP contribution in [0.5, 0.6) is 0 Å². The number of aromatic nitrogens is 1. The Kier molecular flexibility index (Phi) is 4.88. The van der Waals surface area contributed by atoms with E-state index >= 15 is 0 Å². The van der Waals surface area contributed by atoms with Crippen LogP contribution in [0.4, 0.5) is 0 Å². The zero-order valence-electron chi connectivity index (χ0n) is 13.5. The van der Waals surface area contributed by atoms with Crippen LogP contribution >= 0.6 is 11.3 Å². The molecule has 0 radical (unpaired) electrons. The van der Waals surface area contributed by atoms with Gasteiger partial charge < -0.3 is 10.1 Å². The van der Waals surface area contributed by atoms with Crippen molar-refractivity contribution in [1.82, 2.24) is 10.3 Å². The fourth-order valence-corrected chi connectivity index (χ4v) is 3.98. The van der Waals surface area contributed by atoms with Gasteiger partial charge in [-0.1, -0.05) is 27.7 Å². The van der Waals surface area contributed by atoms with E-state index in [2.05, 4.69) is 45.3 Å². The number of nitrogens with zero attached hydrogens (tertiary/aromatic N) is 1. The van der Waals surface area contributed by atoms with Crippen molar-refractivity contribution in [3.63, 3.8) is 0 Å². The monoisotopic (exact) mass is 296 g/mol. The van der Waals surface area contributed by atoms with Crippen molar-refractivity contribution >= 4 is 11.3 Å². The van der Waals surface area contributed by atoms with Gasteiger partial charge in [0.1, 0.15) is 5.01 Å². The molecule has 0 amide bonds. The number of hydrogen-bond donors (Lipinski definition) is 1. The molecule has 2 rings (SSSR count). The number of hydrogen-bond acceptors (Lipinski definition) is 4. The van der Waals surface area contributed by atoms with Gasteiger partial charge in [-0.15, -0.1) is 11.3 Å². The number of rotatable bonds is 4. The molecule has 1 aromatic rings. The van der Waals surface area contributed by atoms with Crippen LogP contribution in [0.25, 0.3) is 0 Å². The Morgan fingerprint density at radius 1 is 1.50 bits per heavy atom. The molecule has 1 fully saturated rings. The van der Waals surface area contributed by atoms with Crippen LogP contribution in [0.3, 0.4) is 0 Å². The van der Waals surface area contributed by atoms with Gasteiger partial charge in [0.15, 0.2) is 0 Å². The Morgan fingerprint density at radius 3 is 2.80 bits per heavy atom. The topological polar surface area (TPSA) is 34.2 Å². The lowest BCUT2D eigenvalue weighted by Crippen LogP contribution is -2.49. The second-order valence-corrected chi connectivity index (χ2v) is 7.79. The molecule has 0 spiro atoms. The summed E-state index contributed by atoms with van der Waals surface area (Å²) >= 11 is 1.81. The fourth-order valence-electron chi connectivity index (χ4n) is 2.72. The summed E-state index contributed by atoms with van der Waals surface area (Å²) in [7, 11) is 0. The van der Waals surface area contributed by atoms with E-state index < -0.39 is 0 Å². The van der Waals surface area contributed by atoms with Gasteiger partial charge in [-0.3, -0.25) is 0 Å². The molecule has 20 heavy (non-hydrogen) atoms. The van der Waals surface area contributed by atoms with Crippen LogP contribution < -0.4 is 5.32 Å². The lowest BCUT2D eigenvalue weighted by molar-refractivity contribution is -0.0207. The first-order valence-electron chi connectivity index (χ1n) is 7.70. The van der Waals surface area contributed by atoms with E-state index in [4.69, 9.17) is 9.72 Å². The summed E-state index contributed by atoms with van der Waals surface area (Å²) in [4.78, 5) is 4.97. The average Bonchev–Trinajstić information content (AvgIpc) is 2.86. The van der Waals surface area contributed by atoms with Gasteiger partial charge in [-0.05, 0) is 32.7 Å². The van der Waals surface area contributed by atoms with E-state index in [9.17, 15) is 0 Å². The van der Waals surface area contributed by atoms with Gasteiger partial charge in [-0.25, -0.2) is 4.98 Å². The highest BCUT2D eigenvalue weighted by molar-refractivity contribution is 7.09. The first kappa shape index (κ1) is 15.9. The minimum Gasteiger partial charge on any atom is -0.378 e. The largest absolute Gasteiger partial charge is 0.378 e. The van der Waals surface area contributed by atoms with Gasteiger partial charge in [-0.2, -0.15) is 0 Å². The summed E-state index contributed by atoms with van der Waals surface area (Å²) in [5.74, 6) is 0. The molecule has 114 valence electrons. The number of ether oxygens (including phenoxy) is 1. The number of nitrogens with one attached hydrogen (secondary N) is 1. The molecule has 4 heteroatoms. The SMILES string of the molecule is CCCNC1(c2nc(C(C)(C)C)cs2)CCOC(C)C1. The first-order valence-corrected chi connectivity index (χ1v) is 8.58. The third kappa shape index (κ3) is 3.41. The summed E-state index contributed by atoms with van der Waals surface area (Å²) in [5, 5.41) is 7.23. The summed E-state index contributed by atoms with van der Waals surface area (Å²) in [5.41, 5.74) is 1.34. The summed E-state index contributed by atoms with van der Waals surface area (Å²) in [6.45, 7) is 12.9. The molecular weight excluding hydrogens is 268 g/mol. The molecule has 1 N–H and O–H groups in total. The van der Waals surface area contributed by atoms with Crippen molar-refractivity contribution in [1.29, 1.82) is 0 Å². The van der Waals surface area contributed by atoms with E-state index in [1.807, 2.05) is 0 Å². The zero-order valence-corrected chi connectivity index (χ0v) is 14.3. The molecule has 2 unspecified atom stereocenters. The maximum absolute atomic E-state index is 5.75. The standard InChI is InChI=1S/C16H28N2OS/c1-6-8-17-16(7-9-19-12(2)10-16)14-18-13(11-20-14)15(3,4)5/h11-12,17H,6-10H2,1-5H3. The van der Waals surface area contributed by atoms with E-state index in [0.29, 0.717) is 6.10 Å². The first-order chi connectivity index (χ1) is 9.37. The molecule has 3 nitrogen and oxygen atoms in total. The highest BCUT2D eigenvalue weighted by Crippen LogP contribution is 2.38. The third-order valence-electron chi connectivity index (χ3n) is 3.96. The molecule has 1 aromatic heterocycles. The van der Waals surface area contributed by atoms with Crippen LogP contribution in [0.2, 0.25) is 0 Å². The van der Waals surface area contributed by atoms with Crippen molar-refractivity contribution < 1.29 is 4.74 Å². The summed E-state index contributed by atoms with van der Waals surface area (Å²) in [6, 6.07) is 0. The van der Waals surface area contributed by atoms with Crippen molar-refractivity contribution in [2.45, 2.75) is 70.9 Å². The predicted octanol–water partition coefficient (Wildman–Crippen LogP) is 3.83. The maximum atomic E-state index is 5.75. The van der Waals surface area contributed by atoms with Crippen molar-refractivity contribution in [3.8, 4) is 0 Å². The third-order valence-corrected chi connectivity index (χ3v) is 5.01. The number of thiazole rings is 1. The minimum absolute atomic E-state index is 0.0157. The highest BCUT2D eigenvalue weighted by Gasteiger charge is 2.39. The van der Waals surface area contributed by atoms with E-state index in [0.717, 1.165) is 32.4 Å². The molecule has 2 heterocycles. The molecule has 0 bridgehead atoms. The Morgan fingerprint density at radius 2 is 2.25 bits per heavy atom. The maximum Gasteiger partial charge on any atom is 0.113 e. The molecule has 0 aromatic carbocycles. The minimum atomic E-state index is 0.0157. The molecule has 1 aliphatic heterocycles. The Bertz CT molecular complexity index is 438. The predicted molar refractivity (Wildman–Crippen MR) is 85.4 cm³/mol. The van der Waals surface area contributed by atoms with E-state index in [-0.39, 0.29) is 11.0 Å².